The molecule has 3 aromatic rings. The average molecular weight is 452 g/mol. The number of nitrogens with zero attached hydrogens (tertiary/aromatic N) is 2. The maximum absolute atomic E-state index is 12.3. The molecule has 0 radical (unpaired) electrons. The predicted molar refractivity (Wildman–Crippen MR) is 126 cm³/mol. The van der Waals surface area contributed by atoms with Gasteiger partial charge in [-0.2, -0.15) is 0 Å². The van der Waals surface area contributed by atoms with E-state index in [1.54, 1.807) is 31.4 Å². The number of hydrogen-bond acceptors (Lipinski definition) is 7. The molecule has 2 N–H and O–H groups in total. The Hall–Kier alpha value is -3.49. The van der Waals surface area contributed by atoms with Gasteiger partial charge in [-0.25, -0.2) is 0 Å². The summed E-state index contributed by atoms with van der Waals surface area (Å²) in [6, 6.07) is 18.4. The lowest BCUT2D eigenvalue weighted by atomic mass is 10.2. The summed E-state index contributed by atoms with van der Waals surface area (Å²) in [5.41, 5.74) is 1.62. The number of nitrogens with one attached hydrogen (secondary N) is 1. The Bertz CT molecular complexity index is 1030. The fourth-order valence-corrected chi connectivity index (χ4v) is 3.89. The lowest BCUT2D eigenvalue weighted by Crippen LogP contribution is -2.49. The van der Waals surface area contributed by atoms with Crippen LogP contribution in [-0.2, 0) is 0 Å². The molecule has 4 rings (SSSR count). The van der Waals surface area contributed by atoms with Gasteiger partial charge in [0, 0.05) is 32.7 Å². The van der Waals surface area contributed by atoms with Gasteiger partial charge in [0.05, 0.1) is 24.7 Å². The molecular weight excluding hydrogens is 422 g/mol. The molecule has 8 heteroatoms. The van der Waals surface area contributed by atoms with Crippen molar-refractivity contribution in [1.82, 2.24) is 4.90 Å². The van der Waals surface area contributed by atoms with Gasteiger partial charge in [-0.15, -0.1) is 0 Å². The highest BCUT2D eigenvalue weighted by Gasteiger charge is 2.22. The summed E-state index contributed by atoms with van der Waals surface area (Å²) in [6.45, 7) is 4.03. The van der Waals surface area contributed by atoms with Crippen molar-refractivity contribution in [3.05, 3.63) is 72.7 Å². The van der Waals surface area contributed by atoms with E-state index in [4.69, 9.17) is 13.9 Å². The van der Waals surface area contributed by atoms with Gasteiger partial charge < -0.3 is 29.2 Å². The van der Waals surface area contributed by atoms with Crippen LogP contribution in [0.2, 0.25) is 0 Å². The average Bonchev–Trinajstić information content (AvgIpc) is 3.39. The Labute approximate surface area is 193 Å². The van der Waals surface area contributed by atoms with E-state index < -0.39 is 6.10 Å². The number of benzene rings is 2. The Kier molecular flexibility index (Phi) is 7.49. The molecule has 2 aromatic carbocycles. The number of hydrogen-bond donors (Lipinski definition) is 2. The number of piperazine rings is 1. The van der Waals surface area contributed by atoms with Crippen molar-refractivity contribution in [2.45, 2.75) is 6.10 Å². The van der Waals surface area contributed by atoms with Crippen molar-refractivity contribution in [1.29, 1.82) is 0 Å². The molecule has 33 heavy (non-hydrogen) atoms. The van der Waals surface area contributed by atoms with Crippen LogP contribution in [-0.4, -0.2) is 68.5 Å². The lowest BCUT2D eigenvalue weighted by Gasteiger charge is -2.37. The minimum Gasteiger partial charge on any atom is -0.495 e. The zero-order valence-electron chi connectivity index (χ0n) is 18.6. The second-order valence-corrected chi connectivity index (χ2v) is 7.85. The number of methoxy groups -OCH3 is 1. The molecule has 1 atom stereocenters. The molecule has 0 spiro atoms. The molecule has 0 aliphatic carbocycles. The van der Waals surface area contributed by atoms with E-state index in [9.17, 15) is 9.90 Å². The second kappa shape index (κ2) is 10.9. The number of furan rings is 1. The topological polar surface area (TPSA) is 87.4 Å². The number of carbonyl (C=O) groups excluding carboxylic acids is 1. The fourth-order valence-electron chi connectivity index (χ4n) is 3.89. The summed E-state index contributed by atoms with van der Waals surface area (Å²) in [6.07, 6.45) is 0.792. The zero-order chi connectivity index (χ0) is 23.0. The van der Waals surface area contributed by atoms with Crippen LogP contribution in [0.4, 0.5) is 11.4 Å². The first-order chi connectivity index (χ1) is 16.1. The van der Waals surface area contributed by atoms with Crippen LogP contribution in [0.5, 0.6) is 11.5 Å². The minimum atomic E-state index is -0.656. The number of anilines is 2. The van der Waals surface area contributed by atoms with Crippen LogP contribution in [0.3, 0.4) is 0 Å². The van der Waals surface area contributed by atoms with E-state index >= 15 is 0 Å². The van der Waals surface area contributed by atoms with Crippen molar-refractivity contribution in [2.75, 3.05) is 56.7 Å². The van der Waals surface area contributed by atoms with Gasteiger partial charge in [0.1, 0.15) is 24.2 Å². The Morgan fingerprint density at radius 1 is 1.03 bits per heavy atom. The van der Waals surface area contributed by atoms with Gasteiger partial charge in [-0.3, -0.25) is 9.69 Å². The van der Waals surface area contributed by atoms with Gasteiger partial charge in [0.2, 0.25) is 0 Å². The summed E-state index contributed by atoms with van der Waals surface area (Å²) in [4.78, 5) is 16.8. The van der Waals surface area contributed by atoms with Crippen molar-refractivity contribution in [3.8, 4) is 11.5 Å². The summed E-state index contributed by atoms with van der Waals surface area (Å²) in [5, 5.41) is 13.3. The fraction of sp³-hybridized carbons (Fsp3) is 0.320. The van der Waals surface area contributed by atoms with E-state index in [0.717, 1.165) is 37.6 Å². The number of rotatable bonds is 9. The minimum absolute atomic E-state index is 0.125. The predicted octanol–water partition coefficient (Wildman–Crippen LogP) is 3.10. The molecular formula is C25H29N3O5. The van der Waals surface area contributed by atoms with E-state index in [-0.39, 0.29) is 18.3 Å². The number of aliphatic hydroxyl groups is 1. The second-order valence-electron chi connectivity index (χ2n) is 7.85. The summed E-state index contributed by atoms with van der Waals surface area (Å²) >= 11 is 0. The molecule has 1 fully saturated rings. The first-order valence-corrected chi connectivity index (χ1v) is 11.0. The van der Waals surface area contributed by atoms with Gasteiger partial charge in [-0.1, -0.05) is 24.3 Å². The van der Waals surface area contributed by atoms with Crippen LogP contribution in [0.15, 0.2) is 71.3 Å². The van der Waals surface area contributed by atoms with Gasteiger partial charge >= 0.3 is 0 Å². The summed E-state index contributed by atoms with van der Waals surface area (Å²) in [5.74, 6) is 1.23. The number of aliphatic hydroxyl groups excluding tert-OH is 1. The molecule has 174 valence electrons. The quantitative estimate of drug-likeness (QED) is 0.517. The third kappa shape index (κ3) is 5.85. The number of ether oxygens (including phenoxy) is 2. The number of amides is 1. The first kappa shape index (κ1) is 22.7. The third-order valence-corrected chi connectivity index (χ3v) is 5.58. The monoisotopic (exact) mass is 451 g/mol. The summed E-state index contributed by atoms with van der Waals surface area (Å²) < 4.78 is 16.4. The molecule has 8 nitrogen and oxygen atoms in total. The zero-order valence-corrected chi connectivity index (χ0v) is 18.6. The molecule has 2 heterocycles. The van der Waals surface area contributed by atoms with E-state index in [2.05, 4.69) is 21.2 Å². The van der Waals surface area contributed by atoms with Crippen LogP contribution in [0, 0.1) is 0 Å². The Morgan fingerprint density at radius 3 is 2.48 bits per heavy atom. The lowest BCUT2D eigenvalue weighted by molar-refractivity contribution is 0.0665. The Morgan fingerprint density at radius 2 is 1.76 bits per heavy atom. The van der Waals surface area contributed by atoms with Crippen LogP contribution < -0.4 is 19.7 Å². The maximum Gasteiger partial charge on any atom is 0.291 e. The molecule has 1 unspecified atom stereocenters. The SMILES string of the molecule is COc1ccccc1N1CCN(CC(O)COc2ccccc2NC(=O)c2ccco2)CC1. The molecule has 1 saturated heterocycles. The molecule has 1 aliphatic rings. The maximum atomic E-state index is 12.3. The molecule has 1 amide bonds. The van der Waals surface area contributed by atoms with Crippen molar-refractivity contribution in [2.24, 2.45) is 0 Å². The van der Waals surface area contributed by atoms with Gasteiger partial charge in [0.15, 0.2) is 5.76 Å². The number of para-hydroxylation sites is 4. The third-order valence-electron chi connectivity index (χ3n) is 5.58. The standard InChI is InChI=1S/C25H29N3O5/c1-31-23-10-5-3-8-21(23)28-14-12-27(13-15-28)17-19(29)18-33-22-9-4-2-7-20(22)26-25(30)24-11-6-16-32-24/h2-11,16,19,29H,12-15,17-18H2,1H3,(H,26,30). The highest BCUT2D eigenvalue weighted by Crippen LogP contribution is 2.28. The van der Waals surface area contributed by atoms with E-state index in [0.29, 0.717) is 18.0 Å². The van der Waals surface area contributed by atoms with Gasteiger partial charge in [-0.05, 0) is 36.4 Å². The highest BCUT2D eigenvalue weighted by molar-refractivity contribution is 6.03. The van der Waals surface area contributed by atoms with E-state index in [1.807, 2.05) is 30.3 Å². The van der Waals surface area contributed by atoms with Gasteiger partial charge in [0.25, 0.3) is 5.91 Å². The highest BCUT2D eigenvalue weighted by atomic mass is 16.5. The molecule has 1 aliphatic heterocycles. The van der Waals surface area contributed by atoms with Crippen molar-refractivity contribution >= 4 is 17.3 Å². The first-order valence-electron chi connectivity index (χ1n) is 11.0. The number of carbonyl (C=O) groups is 1. The Balaban J connectivity index is 1.26. The molecule has 0 bridgehead atoms. The smallest absolute Gasteiger partial charge is 0.291 e. The summed E-state index contributed by atoms with van der Waals surface area (Å²) in [7, 11) is 1.69. The largest absolute Gasteiger partial charge is 0.495 e. The number of β-amino-alcohol motifs (C(OH)–C–C–N with tert-alkyl or cyclic N) is 1. The van der Waals surface area contributed by atoms with Crippen molar-refractivity contribution in [3.63, 3.8) is 0 Å². The van der Waals surface area contributed by atoms with E-state index in [1.165, 1.54) is 6.26 Å². The normalized spacial score (nSPS) is 15.2. The van der Waals surface area contributed by atoms with Crippen LogP contribution in [0.1, 0.15) is 10.6 Å². The van der Waals surface area contributed by atoms with Crippen molar-refractivity contribution < 1.29 is 23.8 Å². The molecule has 0 saturated carbocycles. The van der Waals surface area contributed by atoms with Crippen LogP contribution in [0.25, 0.3) is 0 Å². The van der Waals surface area contributed by atoms with Crippen LogP contribution >= 0.6 is 0 Å². The molecule has 1 aromatic heterocycles.